The van der Waals surface area contributed by atoms with Gasteiger partial charge >= 0.3 is 5.97 Å². The number of hydrogen-bond donors (Lipinski definition) is 3. The summed E-state index contributed by atoms with van der Waals surface area (Å²) in [5, 5.41) is 15.4. The number of nitrogens with zero attached hydrogens (tertiary/aromatic N) is 1. The van der Waals surface area contributed by atoms with Crippen molar-refractivity contribution in [2.75, 3.05) is 14.1 Å². The summed E-state index contributed by atoms with van der Waals surface area (Å²) in [5.74, 6) is -1.52. The van der Waals surface area contributed by atoms with Crippen LogP contribution >= 0.6 is 0 Å². The van der Waals surface area contributed by atoms with E-state index in [1.807, 2.05) is 71.9 Å². The first-order valence-corrected chi connectivity index (χ1v) is 11.9. The quantitative estimate of drug-likeness (QED) is 0.425. The molecular weight excluding hydrogens is 430 g/mol. The lowest BCUT2D eigenvalue weighted by atomic mass is 9.76. The number of aliphatic carboxylic acids is 1. The standard InChI is InChI=1S/C27H43N3O4/c1-10-14-20(17-18(2)25(33)34)30(9)24(32)22(26(3,4)5)29-23(31)21(28-8)27(6,7)19-15-12-11-13-16-19/h11-13,15-17,20-22,28H,10,14H2,1-9H3,(H,29,31)(H,33,34)/t20-,21+,22+/m0/s1. The largest absolute Gasteiger partial charge is 0.478 e. The molecule has 0 radical (unpaired) electrons. The lowest BCUT2D eigenvalue weighted by molar-refractivity contribution is -0.140. The predicted octanol–water partition coefficient (Wildman–Crippen LogP) is 3.74. The molecule has 7 nitrogen and oxygen atoms in total. The van der Waals surface area contributed by atoms with E-state index in [1.165, 1.54) is 6.92 Å². The number of benzene rings is 1. The second kappa shape index (κ2) is 12.2. The van der Waals surface area contributed by atoms with Crippen LogP contribution in [-0.2, 0) is 19.8 Å². The van der Waals surface area contributed by atoms with Gasteiger partial charge < -0.3 is 20.6 Å². The van der Waals surface area contributed by atoms with E-state index in [9.17, 15) is 19.5 Å². The van der Waals surface area contributed by atoms with E-state index in [-0.39, 0.29) is 23.4 Å². The number of rotatable bonds is 11. The van der Waals surface area contributed by atoms with Crippen molar-refractivity contribution >= 4 is 17.8 Å². The fourth-order valence-corrected chi connectivity index (χ4v) is 4.14. The van der Waals surface area contributed by atoms with Crippen LogP contribution in [0.25, 0.3) is 0 Å². The summed E-state index contributed by atoms with van der Waals surface area (Å²) < 4.78 is 0. The number of hydrogen-bond acceptors (Lipinski definition) is 4. The minimum absolute atomic E-state index is 0.189. The Hall–Kier alpha value is -2.67. The van der Waals surface area contributed by atoms with Crippen molar-refractivity contribution in [1.29, 1.82) is 0 Å². The third kappa shape index (κ3) is 7.42. The average molecular weight is 474 g/mol. The van der Waals surface area contributed by atoms with Crippen LogP contribution in [0, 0.1) is 5.41 Å². The van der Waals surface area contributed by atoms with E-state index in [0.717, 1.165) is 12.0 Å². The number of nitrogens with one attached hydrogen (secondary N) is 2. The van der Waals surface area contributed by atoms with Gasteiger partial charge in [-0.05, 0) is 31.4 Å². The Balaban J connectivity index is 3.26. The molecule has 7 heteroatoms. The lowest BCUT2D eigenvalue weighted by Crippen LogP contribution is -2.61. The number of carbonyl (C=O) groups is 3. The van der Waals surface area contributed by atoms with Crippen LogP contribution in [-0.4, -0.2) is 60.0 Å². The highest BCUT2D eigenvalue weighted by atomic mass is 16.4. The molecule has 0 aliphatic rings. The molecule has 0 heterocycles. The van der Waals surface area contributed by atoms with Crippen molar-refractivity contribution < 1.29 is 19.5 Å². The van der Waals surface area contributed by atoms with Gasteiger partial charge in [0, 0.05) is 18.0 Å². The molecule has 1 rings (SSSR count). The summed E-state index contributed by atoms with van der Waals surface area (Å²) in [6.07, 6.45) is 3.02. The van der Waals surface area contributed by atoms with Crippen molar-refractivity contribution in [3.8, 4) is 0 Å². The van der Waals surface area contributed by atoms with E-state index in [2.05, 4.69) is 10.6 Å². The number of carboxylic acid groups (broad SMARTS) is 1. The van der Waals surface area contributed by atoms with Gasteiger partial charge in [0.05, 0.1) is 12.1 Å². The summed E-state index contributed by atoms with van der Waals surface area (Å²) in [6, 6.07) is 8.07. The highest BCUT2D eigenvalue weighted by Crippen LogP contribution is 2.28. The van der Waals surface area contributed by atoms with Gasteiger partial charge in [-0.3, -0.25) is 9.59 Å². The molecule has 0 unspecified atom stereocenters. The van der Waals surface area contributed by atoms with Crippen molar-refractivity contribution in [1.82, 2.24) is 15.5 Å². The summed E-state index contributed by atoms with van der Waals surface area (Å²) >= 11 is 0. The molecule has 3 atom stereocenters. The van der Waals surface area contributed by atoms with Gasteiger partial charge in [-0.15, -0.1) is 0 Å². The van der Waals surface area contributed by atoms with Gasteiger partial charge in [0.1, 0.15) is 6.04 Å². The minimum Gasteiger partial charge on any atom is -0.478 e. The van der Waals surface area contributed by atoms with Crippen LogP contribution in [0.15, 0.2) is 42.0 Å². The van der Waals surface area contributed by atoms with E-state index in [0.29, 0.717) is 6.42 Å². The lowest BCUT2D eigenvalue weighted by Gasteiger charge is -2.39. The van der Waals surface area contributed by atoms with Crippen LogP contribution in [0.3, 0.4) is 0 Å². The Kier molecular flexibility index (Phi) is 10.5. The molecule has 3 N–H and O–H groups in total. The highest BCUT2D eigenvalue weighted by Gasteiger charge is 2.41. The fraction of sp³-hybridized carbons (Fsp3) is 0.593. The Morgan fingerprint density at radius 2 is 1.62 bits per heavy atom. The molecule has 1 aromatic carbocycles. The van der Waals surface area contributed by atoms with Crippen LogP contribution < -0.4 is 10.6 Å². The highest BCUT2D eigenvalue weighted by molar-refractivity contribution is 5.91. The van der Waals surface area contributed by atoms with E-state index >= 15 is 0 Å². The van der Waals surface area contributed by atoms with Crippen molar-refractivity contribution in [3.05, 3.63) is 47.5 Å². The van der Waals surface area contributed by atoms with Gasteiger partial charge in [-0.2, -0.15) is 0 Å². The summed E-state index contributed by atoms with van der Waals surface area (Å²) in [5.41, 5.74) is 0.120. The number of likely N-dealkylation sites (N-methyl/N-ethyl adjacent to an activating group) is 2. The zero-order valence-electron chi connectivity index (χ0n) is 22.2. The first kappa shape index (κ1) is 29.4. The maximum absolute atomic E-state index is 13.6. The molecule has 0 aliphatic carbocycles. The van der Waals surface area contributed by atoms with E-state index in [1.54, 1.807) is 25.1 Å². The van der Waals surface area contributed by atoms with Gasteiger partial charge in [-0.1, -0.05) is 84.4 Å². The molecule has 2 amide bonds. The second-order valence-electron chi connectivity index (χ2n) is 10.6. The fourth-order valence-electron chi connectivity index (χ4n) is 4.14. The van der Waals surface area contributed by atoms with E-state index < -0.39 is 28.9 Å². The Labute approximate surface area is 205 Å². The smallest absolute Gasteiger partial charge is 0.331 e. The molecular formula is C27H43N3O4. The molecule has 0 aliphatic heterocycles. The molecule has 0 spiro atoms. The van der Waals surface area contributed by atoms with Crippen LogP contribution in [0.1, 0.15) is 66.9 Å². The van der Waals surface area contributed by atoms with E-state index in [4.69, 9.17) is 0 Å². The van der Waals surface area contributed by atoms with Crippen LogP contribution in [0.5, 0.6) is 0 Å². The number of amides is 2. The van der Waals surface area contributed by atoms with Crippen LogP contribution in [0.2, 0.25) is 0 Å². The maximum Gasteiger partial charge on any atom is 0.331 e. The van der Waals surface area contributed by atoms with Crippen LogP contribution in [0.4, 0.5) is 0 Å². The molecule has 34 heavy (non-hydrogen) atoms. The van der Waals surface area contributed by atoms with Crippen molar-refractivity contribution in [2.45, 2.75) is 84.8 Å². The summed E-state index contributed by atoms with van der Waals surface area (Å²) in [6.45, 7) is 13.2. The monoisotopic (exact) mass is 473 g/mol. The zero-order chi connectivity index (χ0) is 26.3. The third-order valence-corrected chi connectivity index (χ3v) is 6.40. The average Bonchev–Trinajstić information content (AvgIpc) is 2.76. The van der Waals surface area contributed by atoms with Crippen molar-refractivity contribution in [3.63, 3.8) is 0 Å². The number of carbonyl (C=O) groups excluding carboxylic acids is 2. The van der Waals surface area contributed by atoms with Crippen molar-refractivity contribution in [2.24, 2.45) is 5.41 Å². The van der Waals surface area contributed by atoms with Gasteiger partial charge in [0.2, 0.25) is 11.8 Å². The minimum atomic E-state index is -1.01. The SMILES string of the molecule is CCC[C@@H](C=C(C)C(=O)O)N(C)C(=O)[C@@H](NC(=O)[C@@H](NC)C(C)(C)c1ccccc1)C(C)(C)C. The molecule has 190 valence electrons. The Morgan fingerprint density at radius 3 is 2.06 bits per heavy atom. The second-order valence-corrected chi connectivity index (χ2v) is 10.6. The van der Waals surface area contributed by atoms with Gasteiger partial charge in [0.15, 0.2) is 0 Å². The number of carboxylic acids is 1. The zero-order valence-corrected chi connectivity index (χ0v) is 22.2. The first-order valence-electron chi connectivity index (χ1n) is 11.9. The summed E-state index contributed by atoms with van der Waals surface area (Å²) in [4.78, 5) is 40.1. The Bertz CT molecular complexity index is 872. The molecule has 1 aromatic rings. The molecule has 0 saturated carbocycles. The summed E-state index contributed by atoms with van der Waals surface area (Å²) in [7, 11) is 3.41. The maximum atomic E-state index is 13.6. The normalized spacial score (nSPS) is 15.3. The molecule has 0 fully saturated rings. The molecule has 0 saturated heterocycles. The van der Waals surface area contributed by atoms with Gasteiger partial charge in [0.25, 0.3) is 0 Å². The van der Waals surface area contributed by atoms with Gasteiger partial charge in [-0.25, -0.2) is 4.79 Å². The Morgan fingerprint density at radius 1 is 1.06 bits per heavy atom. The molecule has 0 bridgehead atoms. The third-order valence-electron chi connectivity index (χ3n) is 6.40. The predicted molar refractivity (Wildman–Crippen MR) is 137 cm³/mol. The first-order chi connectivity index (χ1) is 15.7. The molecule has 0 aromatic heterocycles. The topological polar surface area (TPSA) is 98.7 Å².